The number of carbonyl (C=O) groups is 1. The average Bonchev–Trinajstić information content (AvgIpc) is 2.57. The Hall–Kier alpha value is -0.910. The Balaban J connectivity index is 2.75. The SMILES string of the molecule is CC(=O)C(C)(C)n1cc(I)c2cnccc21. The molecule has 0 saturated heterocycles. The first-order valence-electron chi connectivity index (χ1n) is 5.06. The summed E-state index contributed by atoms with van der Waals surface area (Å²) in [6.45, 7) is 5.50. The molecule has 2 aromatic heterocycles. The van der Waals surface area contributed by atoms with Gasteiger partial charge in [-0.15, -0.1) is 0 Å². The topological polar surface area (TPSA) is 34.9 Å². The Morgan fingerprint density at radius 3 is 2.81 bits per heavy atom. The van der Waals surface area contributed by atoms with E-state index in [0.717, 1.165) is 14.5 Å². The largest absolute Gasteiger partial charge is 0.334 e. The van der Waals surface area contributed by atoms with Crippen LogP contribution in [0.1, 0.15) is 20.8 Å². The third-order valence-electron chi connectivity index (χ3n) is 3.02. The molecule has 16 heavy (non-hydrogen) atoms. The van der Waals surface area contributed by atoms with E-state index in [1.54, 1.807) is 13.1 Å². The first-order chi connectivity index (χ1) is 7.44. The molecule has 0 aromatic carbocycles. The molecule has 2 heterocycles. The number of hydrogen-bond donors (Lipinski definition) is 0. The summed E-state index contributed by atoms with van der Waals surface area (Å²) in [6.07, 6.45) is 5.60. The number of halogens is 1. The van der Waals surface area contributed by atoms with Crippen LogP contribution in [0, 0.1) is 3.57 Å². The van der Waals surface area contributed by atoms with Gasteiger partial charge in [-0.2, -0.15) is 0 Å². The zero-order valence-electron chi connectivity index (χ0n) is 9.49. The molecule has 0 spiro atoms. The highest BCUT2D eigenvalue weighted by Gasteiger charge is 2.27. The van der Waals surface area contributed by atoms with Gasteiger partial charge in [-0.25, -0.2) is 0 Å². The number of nitrogens with zero attached hydrogens (tertiary/aromatic N) is 2. The highest BCUT2D eigenvalue weighted by molar-refractivity contribution is 14.1. The van der Waals surface area contributed by atoms with E-state index in [9.17, 15) is 4.79 Å². The highest BCUT2D eigenvalue weighted by Crippen LogP contribution is 2.28. The minimum atomic E-state index is -0.511. The van der Waals surface area contributed by atoms with E-state index in [4.69, 9.17) is 0 Å². The molecule has 0 unspecified atom stereocenters. The van der Waals surface area contributed by atoms with Crippen LogP contribution in [-0.2, 0) is 10.3 Å². The van der Waals surface area contributed by atoms with E-state index >= 15 is 0 Å². The van der Waals surface area contributed by atoms with E-state index in [2.05, 4.69) is 27.6 Å². The molecule has 0 aliphatic heterocycles. The number of aromatic nitrogens is 2. The quantitative estimate of drug-likeness (QED) is 0.795. The fourth-order valence-corrected chi connectivity index (χ4v) is 2.36. The molecule has 0 aliphatic rings. The predicted octanol–water partition coefficient (Wildman–Crippen LogP) is 2.97. The summed E-state index contributed by atoms with van der Waals surface area (Å²) in [5.41, 5.74) is 0.544. The third-order valence-corrected chi connectivity index (χ3v) is 3.88. The van der Waals surface area contributed by atoms with Gasteiger partial charge in [-0.1, -0.05) is 0 Å². The standard InChI is InChI=1S/C12H13IN2O/c1-8(16)12(2,3)15-7-10(13)9-6-14-5-4-11(9)15/h4-7H,1-3H3. The molecule has 2 aromatic rings. The van der Waals surface area contributed by atoms with Gasteiger partial charge >= 0.3 is 0 Å². The van der Waals surface area contributed by atoms with E-state index < -0.39 is 5.54 Å². The summed E-state index contributed by atoms with van der Waals surface area (Å²) in [4.78, 5) is 15.8. The lowest BCUT2D eigenvalue weighted by atomic mass is 10.00. The molecule has 0 bridgehead atoms. The van der Waals surface area contributed by atoms with Crippen LogP contribution in [0.3, 0.4) is 0 Å². The second-order valence-electron chi connectivity index (χ2n) is 4.36. The van der Waals surface area contributed by atoms with Crippen molar-refractivity contribution < 1.29 is 4.79 Å². The van der Waals surface area contributed by atoms with Crippen molar-refractivity contribution in [1.29, 1.82) is 0 Å². The molecule has 0 amide bonds. The van der Waals surface area contributed by atoms with Crippen LogP contribution in [-0.4, -0.2) is 15.3 Å². The van der Waals surface area contributed by atoms with Crippen LogP contribution in [0.15, 0.2) is 24.7 Å². The summed E-state index contributed by atoms with van der Waals surface area (Å²) in [6, 6.07) is 1.95. The van der Waals surface area contributed by atoms with Crippen LogP contribution in [0.5, 0.6) is 0 Å². The monoisotopic (exact) mass is 328 g/mol. The van der Waals surface area contributed by atoms with Crippen LogP contribution in [0.4, 0.5) is 0 Å². The van der Waals surface area contributed by atoms with Crippen LogP contribution in [0.2, 0.25) is 0 Å². The van der Waals surface area contributed by atoms with Crippen molar-refractivity contribution in [1.82, 2.24) is 9.55 Å². The molecule has 3 nitrogen and oxygen atoms in total. The van der Waals surface area contributed by atoms with Crippen LogP contribution in [0.25, 0.3) is 10.9 Å². The summed E-state index contributed by atoms with van der Waals surface area (Å²) in [5.74, 6) is 0.151. The Morgan fingerprint density at radius 1 is 1.50 bits per heavy atom. The third kappa shape index (κ3) is 1.65. The Morgan fingerprint density at radius 2 is 2.19 bits per heavy atom. The molecule has 2 rings (SSSR count). The van der Waals surface area contributed by atoms with Crippen molar-refractivity contribution in [3.63, 3.8) is 0 Å². The number of hydrogen-bond acceptors (Lipinski definition) is 2. The molecular formula is C12H13IN2O. The zero-order valence-corrected chi connectivity index (χ0v) is 11.6. The first-order valence-corrected chi connectivity index (χ1v) is 6.14. The maximum absolute atomic E-state index is 11.7. The van der Waals surface area contributed by atoms with Gasteiger partial charge < -0.3 is 4.57 Å². The minimum Gasteiger partial charge on any atom is -0.334 e. The fraction of sp³-hybridized carbons (Fsp3) is 0.333. The van der Waals surface area contributed by atoms with E-state index in [0.29, 0.717) is 0 Å². The van der Waals surface area contributed by atoms with Crippen molar-refractivity contribution in [2.24, 2.45) is 0 Å². The first kappa shape index (κ1) is 11.6. The molecule has 0 aliphatic carbocycles. The van der Waals surface area contributed by atoms with E-state index in [-0.39, 0.29) is 5.78 Å². The Labute approximate surface area is 108 Å². The summed E-state index contributed by atoms with van der Waals surface area (Å²) in [7, 11) is 0. The van der Waals surface area contributed by atoms with Crippen molar-refractivity contribution in [3.05, 3.63) is 28.2 Å². The molecular weight excluding hydrogens is 315 g/mol. The van der Waals surface area contributed by atoms with Gasteiger partial charge in [0.1, 0.15) is 0 Å². The Bertz CT molecular complexity index is 557. The summed E-state index contributed by atoms with van der Waals surface area (Å²) < 4.78 is 3.14. The van der Waals surface area contributed by atoms with Gasteiger partial charge in [-0.05, 0) is 49.4 Å². The van der Waals surface area contributed by atoms with Gasteiger partial charge in [-0.3, -0.25) is 9.78 Å². The van der Waals surface area contributed by atoms with Crippen molar-refractivity contribution in [2.45, 2.75) is 26.3 Å². The normalized spacial score (nSPS) is 12.0. The highest BCUT2D eigenvalue weighted by atomic mass is 127. The molecule has 0 saturated carbocycles. The van der Waals surface area contributed by atoms with Crippen LogP contribution < -0.4 is 0 Å². The van der Waals surface area contributed by atoms with Gasteiger partial charge in [0.05, 0.1) is 11.1 Å². The minimum absolute atomic E-state index is 0.151. The smallest absolute Gasteiger partial charge is 0.155 e. The Kier molecular flexibility index (Phi) is 2.77. The summed E-state index contributed by atoms with van der Waals surface area (Å²) >= 11 is 2.27. The second kappa shape index (κ2) is 3.84. The average molecular weight is 328 g/mol. The molecule has 4 heteroatoms. The maximum Gasteiger partial charge on any atom is 0.155 e. The van der Waals surface area contributed by atoms with E-state index in [1.165, 1.54) is 0 Å². The number of carbonyl (C=O) groups excluding carboxylic acids is 1. The van der Waals surface area contributed by atoms with Crippen molar-refractivity contribution in [3.8, 4) is 0 Å². The van der Waals surface area contributed by atoms with Gasteiger partial charge in [0.25, 0.3) is 0 Å². The molecule has 0 fully saturated rings. The number of pyridine rings is 1. The van der Waals surface area contributed by atoms with Crippen molar-refractivity contribution >= 4 is 39.3 Å². The van der Waals surface area contributed by atoms with Crippen molar-refractivity contribution in [2.75, 3.05) is 0 Å². The van der Waals surface area contributed by atoms with E-state index in [1.807, 2.05) is 36.9 Å². The predicted molar refractivity (Wildman–Crippen MR) is 72.5 cm³/mol. The number of Topliss-reactive ketones (excluding diaryl/α,β-unsaturated/α-hetero) is 1. The second-order valence-corrected chi connectivity index (χ2v) is 5.52. The number of rotatable bonds is 2. The number of ketones is 1. The lowest BCUT2D eigenvalue weighted by Crippen LogP contribution is -2.33. The summed E-state index contributed by atoms with van der Waals surface area (Å²) in [5, 5.41) is 1.09. The molecule has 0 atom stereocenters. The van der Waals surface area contributed by atoms with Gasteiger partial charge in [0.15, 0.2) is 5.78 Å². The van der Waals surface area contributed by atoms with Gasteiger partial charge in [0.2, 0.25) is 0 Å². The molecule has 0 radical (unpaired) electrons. The lowest BCUT2D eigenvalue weighted by molar-refractivity contribution is -0.123. The fourth-order valence-electron chi connectivity index (χ4n) is 1.67. The van der Waals surface area contributed by atoms with Gasteiger partial charge in [0, 0.05) is 27.5 Å². The molecule has 0 N–H and O–H groups in total. The number of fused-ring (bicyclic) bond motifs is 1. The lowest BCUT2D eigenvalue weighted by Gasteiger charge is -2.24. The zero-order chi connectivity index (χ0) is 11.9. The van der Waals surface area contributed by atoms with Crippen LogP contribution >= 0.6 is 22.6 Å². The molecule has 84 valence electrons. The maximum atomic E-state index is 11.7.